The number of carboxylic acid groups (broad SMARTS) is 1. The summed E-state index contributed by atoms with van der Waals surface area (Å²) in [5, 5.41) is 19.2. The van der Waals surface area contributed by atoms with Crippen LogP contribution in [0.1, 0.15) is 12.0 Å². The molecular weight excluding hydrogens is 214 g/mol. The van der Waals surface area contributed by atoms with Crippen LogP contribution in [-0.4, -0.2) is 22.6 Å². The van der Waals surface area contributed by atoms with Gasteiger partial charge in [0.15, 0.2) is 5.75 Å². The monoisotopic (exact) mass is 225 g/mol. The Hall–Kier alpha value is -2.11. The molecule has 1 aromatic carbocycles. The average molecular weight is 225 g/mol. The van der Waals surface area contributed by atoms with E-state index >= 15 is 0 Å². The molecule has 0 amide bonds. The number of hydrogen-bond donors (Lipinski definition) is 1. The lowest BCUT2D eigenvalue weighted by molar-refractivity contribution is -0.386. The maximum absolute atomic E-state index is 10.7. The minimum Gasteiger partial charge on any atom is -0.486 e. The van der Waals surface area contributed by atoms with Gasteiger partial charge in [-0.2, -0.15) is 0 Å². The van der Waals surface area contributed by atoms with Gasteiger partial charge >= 0.3 is 11.7 Å². The van der Waals surface area contributed by atoms with E-state index < -0.39 is 10.9 Å². The second-order valence-electron chi connectivity index (χ2n) is 3.17. The number of carboxylic acids is 1. The van der Waals surface area contributed by atoms with E-state index in [1.165, 1.54) is 6.07 Å². The Kier molecular flexibility index (Phi) is 3.82. The van der Waals surface area contributed by atoms with Gasteiger partial charge in [0.25, 0.3) is 0 Å². The van der Waals surface area contributed by atoms with E-state index in [1.807, 2.05) is 0 Å². The zero-order chi connectivity index (χ0) is 12.1. The van der Waals surface area contributed by atoms with Crippen LogP contribution in [0, 0.1) is 17.0 Å². The zero-order valence-electron chi connectivity index (χ0n) is 8.67. The largest absolute Gasteiger partial charge is 0.486 e. The molecule has 1 N–H and O–H groups in total. The van der Waals surface area contributed by atoms with Crippen molar-refractivity contribution in [2.45, 2.75) is 13.3 Å². The van der Waals surface area contributed by atoms with Crippen molar-refractivity contribution >= 4 is 11.7 Å². The highest BCUT2D eigenvalue weighted by molar-refractivity contribution is 5.66. The second kappa shape index (κ2) is 5.11. The van der Waals surface area contributed by atoms with Crippen molar-refractivity contribution < 1.29 is 19.6 Å². The number of hydrogen-bond acceptors (Lipinski definition) is 4. The van der Waals surface area contributed by atoms with Gasteiger partial charge in [0, 0.05) is 5.56 Å². The van der Waals surface area contributed by atoms with Crippen molar-refractivity contribution in [1.82, 2.24) is 0 Å². The molecule has 0 fully saturated rings. The van der Waals surface area contributed by atoms with Gasteiger partial charge in [-0.15, -0.1) is 0 Å². The van der Waals surface area contributed by atoms with Gasteiger partial charge < -0.3 is 9.84 Å². The quantitative estimate of drug-likeness (QED) is 0.609. The number of benzene rings is 1. The summed E-state index contributed by atoms with van der Waals surface area (Å²) >= 11 is 0. The van der Waals surface area contributed by atoms with Gasteiger partial charge in [0.05, 0.1) is 18.0 Å². The van der Waals surface area contributed by atoms with Gasteiger partial charge in [-0.25, -0.2) is 0 Å². The lowest BCUT2D eigenvalue weighted by atomic mass is 10.2. The summed E-state index contributed by atoms with van der Waals surface area (Å²) in [5.74, 6) is -0.901. The van der Waals surface area contributed by atoms with Crippen LogP contribution >= 0.6 is 0 Å². The Labute approximate surface area is 91.6 Å². The maximum Gasteiger partial charge on any atom is 0.313 e. The first-order chi connectivity index (χ1) is 7.52. The molecule has 0 aliphatic carbocycles. The number of nitrogens with zero attached hydrogens (tertiary/aromatic N) is 1. The molecule has 0 aliphatic heterocycles. The minimum atomic E-state index is -1.00. The van der Waals surface area contributed by atoms with Gasteiger partial charge in [0.1, 0.15) is 0 Å². The van der Waals surface area contributed by atoms with Crippen molar-refractivity contribution in [2.75, 3.05) is 6.61 Å². The van der Waals surface area contributed by atoms with E-state index in [0.717, 1.165) is 0 Å². The van der Waals surface area contributed by atoms with Crippen molar-refractivity contribution in [3.05, 3.63) is 33.9 Å². The number of rotatable bonds is 5. The summed E-state index contributed by atoms with van der Waals surface area (Å²) < 4.78 is 5.07. The molecule has 0 unspecified atom stereocenters. The molecule has 6 nitrogen and oxygen atoms in total. The number of aryl methyl sites for hydroxylation is 1. The molecule has 0 saturated heterocycles. The fourth-order valence-electron chi connectivity index (χ4n) is 1.23. The van der Waals surface area contributed by atoms with Crippen LogP contribution in [0.3, 0.4) is 0 Å². The van der Waals surface area contributed by atoms with E-state index in [-0.39, 0.29) is 24.5 Å². The zero-order valence-corrected chi connectivity index (χ0v) is 8.67. The van der Waals surface area contributed by atoms with E-state index in [4.69, 9.17) is 9.84 Å². The Morgan fingerprint density at radius 2 is 2.25 bits per heavy atom. The normalized spacial score (nSPS) is 9.81. The summed E-state index contributed by atoms with van der Waals surface area (Å²) in [4.78, 5) is 20.5. The van der Waals surface area contributed by atoms with Crippen LogP contribution in [0.4, 0.5) is 5.69 Å². The number of nitro groups is 1. The Bertz CT molecular complexity index is 416. The molecule has 1 aromatic rings. The van der Waals surface area contributed by atoms with Gasteiger partial charge in [-0.1, -0.05) is 12.1 Å². The SMILES string of the molecule is Cc1cccc(OCCC(=O)O)c1[N+](=O)[O-]. The first-order valence-electron chi connectivity index (χ1n) is 4.61. The highest BCUT2D eigenvalue weighted by atomic mass is 16.6. The van der Waals surface area contributed by atoms with E-state index in [2.05, 4.69) is 0 Å². The molecule has 0 saturated carbocycles. The maximum atomic E-state index is 10.7. The van der Waals surface area contributed by atoms with E-state index in [9.17, 15) is 14.9 Å². The minimum absolute atomic E-state index is 0.0837. The van der Waals surface area contributed by atoms with Gasteiger partial charge in [-0.05, 0) is 13.0 Å². The van der Waals surface area contributed by atoms with Crippen LogP contribution < -0.4 is 4.74 Å². The number of nitro benzene ring substituents is 1. The summed E-state index contributed by atoms with van der Waals surface area (Å²) in [6, 6.07) is 4.67. The van der Waals surface area contributed by atoms with Crippen LogP contribution in [0.15, 0.2) is 18.2 Å². The van der Waals surface area contributed by atoms with Crippen LogP contribution in [0.25, 0.3) is 0 Å². The van der Waals surface area contributed by atoms with E-state index in [1.54, 1.807) is 19.1 Å². The first-order valence-corrected chi connectivity index (χ1v) is 4.61. The third-order valence-corrected chi connectivity index (χ3v) is 1.96. The van der Waals surface area contributed by atoms with Crippen molar-refractivity contribution in [2.24, 2.45) is 0 Å². The Balaban J connectivity index is 2.83. The van der Waals surface area contributed by atoms with E-state index in [0.29, 0.717) is 5.56 Å². The number of carbonyl (C=O) groups is 1. The summed E-state index contributed by atoms with van der Waals surface area (Å²) in [5.41, 5.74) is 0.366. The third-order valence-electron chi connectivity index (χ3n) is 1.96. The summed E-state index contributed by atoms with van der Waals surface area (Å²) in [6.45, 7) is 1.52. The number of ether oxygens (including phenoxy) is 1. The molecule has 1 rings (SSSR count). The molecule has 0 bridgehead atoms. The predicted octanol–water partition coefficient (Wildman–Crippen LogP) is 1.76. The van der Waals surface area contributed by atoms with Gasteiger partial charge in [0.2, 0.25) is 0 Å². The number of aliphatic carboxylic acids is 1. The molecule has 0 atom stereocenters. The lowest BCUT2D eigenvalue weighted by Crippen LogP contribution is -2.06. The van der Waals surface area contributed by atoms with Crippen molar-refractivity contribution in [3.63, 3.8) is 0 Å². The molecule has 0 heterocycles. The number of para-hydroxylation sites is 1. The van der Waals surface area contributed by atoms with Crippen LogP contribution in [0.5, 0.6) is 5.75 Å². The van der Waals surface area contributed by atoms with Crippen molar-refractivity contribution in [1.29, 1.82) is 0 Å². The molecule has 86 valence electrons. The summed E-state index contributed by atoms with van der Waals surface area (Å²) in [7, 11) is 0. The van der Waals surface area contributed by atoms with Crippen molar-refractivity contribution in [3.8, 4) is 5.75 Å². The molecule has 0 radical (unpaired) electrons. The first kappa shape index (κ1) is 12.0. The molecular formula is C10H11NO5. The molecule has 6 heteroatoms. The van der Waals surface area contributed by atoms with Gasteiger partial charge in [-0.3, -0.25) is 14.9 Å². The predicted molar refractivity (Wildman–Crippen MR) is 55.6 cm³/mol. The highest BCUT2D eigenvalue weighted by Gasteiger charge is 2.17. The lowest BCUT2D eigenvalue weighted by Gasteiger charge is -2.06. The fourth-order valence-corrected chi connectivity index (χ4v) is 1.23. The highest BCUT2D eigenvalue weighted by Crippen LogP contribution is 2.30. The molecule has 16 heavy (non-hydrogen) atoms. The Morgan fingerprint density at radius 3 is 2.81 bits per heavy atom. The molecule has 0 aromatic heterocycles. The molecule has 0 spiro atoms. The Morgan fingerprint density at radius 1 is 1.56 bits per heavy atom. The standard InChI is InChI=1S/C10H11NO5/c1-7-3-2-4-8(10(7)11(14)15)16-6-5-9(12)13/h2-4H,5-6H2,1H3,(H,12,13). The van der Waals surface area contributed by atoms with Crippen LogP contribution in [0.2, 0.25) is 0 Å². The smallest absolute Gasteiger partial charge is 0.313 e. The fraction of sp³-hybridized carbons (Fsp3) is 0.300. The molecule has 0 aliphatic rings. The summed E-state index contributed by atoms with van der Waals surface area (Å²) in [6.07, 6.45) is -0.189. The topological polar surface area (TPSA) is 89.7 Å². The average Bonchev–Trinajstić information content (AvgIpc) is 2.16. The second-order valence-corrected chi connectivity index (χ2v) is 3.17. The van der Waals surface area contributed by atoms with Crippen LogP contribution in [-0.2, 0) is 4.79 Å². The third kappa shape index (κ3) is 2.94.